The Kier molecular flexibility index (Phi) is 5.07. The van der Waals surface area contributed by atoms with E-state index in [1.54, 1.807) is 10.9 Å². The molecule has 6 nitrogen and oxygen atoms in total. The molecule has 0 fully saturated rings. The Morgan fingerprint density at radius 1 is 1.56 bits per heavy atom. The third-order valence-electron chi connectivity index (χ3n) is 2.35. The summed E-state index contributed by atoms with van der Waals surface area (Å²) in [6, 6.07) is 0. The van der Waals surface area contributed by atoms with Crippen LogP contribution in [0.4, 0.5) is 11.5 Å². The number of nitrogens with two attached hydrogens (primary N) is 1. The molecule has 0 aliphatic carbocycles. The largest absolute Gasteiger partial charge is 0.396 e. The fourth-order valence-corrected chi connectivity index (χ4v) is 1.49. The average Bonchev–Trinajstić information content (AvgIpc) is 2.59. The van der Waals surface area contributed by atoms with Gasteiger partial charge in [-0.15, -0.1) is 0 Å². The first-order valence-electron chi connectivity index (χ1n) is 5.53. The molecule has 5 N–H and O–H groups in total. The summed E-state index contributed by atoms with van der Waals surface area (Å²) in [5.74, 6) is 0.790. The molecule has 1 aromatic rings. The Morgan fingerprint density at radius 3 is 2.94 bits per heavy atom. The van der Waals surface area contributed by atoms with Crippen molar-refractivity contribution in [2.45, 2.75) is 32.4 Å². The summed E-state index contributed by atoms with van der Waals surface area (Å²) in [6.07, 6.45) is 2.05. The van der Waals surface area contributed by atoms with E-state index in [-0.39, 0.29) is 6.61 Å². The molecule has 6 heteroatoms. The number of nitrogens with one attached hydrogen (secondary N) is 1. The maximum atomic E-state index is 9.49. The molecule has 1 rings (SSSR count). The zero-order valence-electron chi connectivity index (χ0n) is 9.56. The van der Waals surface area contributed by atoms with Gasteiger partial charge < -0.3 is 21.3 Å². The average molecular weight is 228 g/mol. The van der Waals surface area contributed by atoms with Gasteiger partial charge >= 0.3 is 0 Å². The highest BCUT2D eigenvalue weighted by Crippen LogP contribution is 2.17. The van der Waals surface area contributed by atoms with Crippen molar-refractivity contribution in [2.75, 3.05) is 24.2 Å². The van der Waals surface area contributed by atoms with Gasteiger partial charge in [-0.3, -0.25) is 0 Å². The second-order valence-electron chi connectivity index (χ2n) is 3.66. The number of aliphatic hydroxyl groups excluding tert-OH is 2. The molecule has 0 radical (unpaired) electrons. The van der Waals surface area contributed by atoms with Crippen molar-refractivity contribution in [3.05, 3.63) is 6.20 Å². The summed E-state index contributed by atoms with van der Waals surface area (Å²) in [4.78, 5) is 0. The van der Waals surface area contributed by atoms with Crippen molar-refractivity contribution < 1.29 is 10.2 Å². The molecule has 0 aliphatic heterocycles. The van der Waals surface area contributed by atoms with Crippen LogP contribution in [-0.2, 0) is 6.54 Å². The summed E-state index contributed by atoms with van der Waals surface area (Å²) in [5.41, 5.74) is 6.35. The summed E-state index contributed by atoms with van der Waals surface area (Å²) >= 11 is 0. The smallest absolute Gasteiger partial charge is 0.147 e. The van der Waals surface area contributed by atoms with Crippen molar-refractivity contribution in [3.63, 3.8) is 0 Å². The standard InChI is InChI=1S/C10H20N4O2/c1-2-12-10-9(11)7-13-14(10)5-3-8(16)4-6-15/h7-8,12,15-16H,2-6,11H2,1H3. The number of anilines is 2. The summed E-state index contributed by atoms with van der Waals surface area (Å²) in [5, 5.41) is 25.4. The van der Waals surface area contributed by atoms with Gasteiger partial charge in [-0.1, -0.05) is 0 Å². The van der Waals surface area contributed by atoms with E-state index in [4.69, 9.17) is 10.8 Å². The van der Waals surface area contributed by atoms with Crippen LogP contribution in [0.1, 0.15) is 19.8 Å². The first kappa shape index (κ1) is 12.8. The van der Waals surface area contributed by atoms with Gasteiger partial charge in [0.15, 0.2) is 0 Å². The maximum Gasteiger partial charge on any atom is 0.147 e. The molecule has 1 aromatic heterocycles. The second-order valence-corrected chi connectivity index (χ2v) is 3.66. The Labute approximate surface area is 95.1 Å². The zero-order valence-corrected chi connectivity index (χ0v) is 9.56. The van der Waals surface area contributed by atoms with Gasteiger partial charge in [-0.05, 0) is 19.8 Å². The van der Waals surface area contributed by atoms with Crippen molar-refractivity contribution in [3.8, 4) is 0 Å². The van der Waals surface area contributed by atoms with E-state index < -0.39 is 6.10 Å². The lowest BCUT2D eigenvalue weighted by atomic mass is 10.2. The predicted octanol–water partition coefficient (Wildman–Crippen LogP) is 0.0305. The van der Waals surface area contributed by atoms with Crippen LogP contribution in [0.2, 0.25) is 0 Å². The predicted molar refractivity (Wildman–Crippen MR) is 63.1 cm³/mol. The number of hydrogen-bond donors (Lipinski definition) is 4. The minimum absolute atomic E-state index is 0.00246. The first-order valence-corrected chi connectivity index (χ1v) is 5.53. The SMILES string of the molecule is CCNc1c(N)cnn1CCC(O)CCO. The van der Waals surface area contributed by atoms with Crippen LogP contribution >= 0.6 is 0 Å². The fraction of sp³-hybridized carbons (Fsp3) is 0.700. The molecule has 16 heavy (non-hydrogen) atoms. The van der Waals surface area contributed by atoms with Crippen LogP contribution in [0, 0.1) is 0 Å². The molecule has 0 aliphatic rings. The number of aryl methyl sites for hydroxylation is 1. The monoisotopic (exact) mass is 228 g/mol. The molecule has 0 saturated heterocycles. The summed E-state index contributed by atoms with van der Waals surface area (Å²) in [6.45, 7) is 3.34. The molecular formula is C10H20N4O2. The molecule has 0 amide bonds. The number of nitrogens with zero attached hydrogens (tertiary/aromatic N) is 2. The lowest BCUT2D eigenvalue weighted by molar-refractivity contribution is 0.120. The van der Waals surface area contributed by atoms with Gasteiger partial charge in [0, 0.05) is 19.7 Å². The maximum absolute atomic E-state index is 9.49. The van der Waals surface area contributed by atoms with Crippen LogP contribution in [0.25, 0.3) is 0 Å². The van der Waals surface area contributed by atoms with Crippen LogP contribution in [0.15, 0.2) is 6.20 Å². The highest BCUT2D eigenvalue weighted by atomic mass is 16.3. The lowest BCUT2D eigenvalue weighted by Crippen LogP contribution is -2.15. The van der Waals surface area contributed by atoms with E-state index in [9.17, 15) is 5.11 Å². The van der Waals surface area contributed by atoms with Crippen LogP contribution in [0.3, 0.4) is 0 Å². The van der Waals surface area contributed by atoms with Crippen LogP contribution < -0.4 is 11.1 Å². The van der Waals surface area contributed by atoms with Crippen molar-refractivity contribution in [1.82, 2.24) is 9.78 Å². The van der Waals surface area contributed by atoms with Gasteiger partial charge in [0.1, 0.15) is 5.82 Å². The van der Waals surface area contributed by atoms with E-state index >= 15 is 0 Å². The normalized spacial score (nSPS) is 12.7. The minimum atomic E-state index is -0.495. The van der Waals surface area contributed by atoms with E-state index in [0.717, 1.165) is 12.4 Å². The molecule has 92 valence electrons. The lowest BCUT2D eigenvalue weighted by Gasteiger charge is -2.12. The minimum Gasteiger partial charge on any atom is -0.396 e. The van der Waals surface area contributed by atoms with E-state index in [0.29, 0.717) is 25.1 Å². The number of aliphatic hydroxyl groups is 2. The highest BCUT2D eigenvalue weighted by Gasteiger charge is 2.09. The molecule has 0 aromatic carbocycles. The van der Waals surface area contributed by atoms with Crippen LogP contribution in [-0.4, -0.2) is 39.2 Å². The van der Waals surface area contributed by atoms with Gasteiger partial charge in [0.2, 0.25) is 0 Å². The van der Waals surface area contributed by atoms with Crippen LogP contribution in [0.5, 0.6) is 0 Å². The number of aromatic nitrogens is 2. The van der Waals surface area contributed by atoms with E-state index in [1.165, 1.54) is 0 Å². The number of rotatable bonds is 7. The van der Waals surface area contributed by atoms with Gasteiger partial charge in [0.05, 0.1) is 18.0 Å². The second kappa shape index (κ2) is 6.34. The summed E-state index contributed by atoms with van der Waals surface area (Å²) in [7, 11) is 0. The third kappa shape index (κ3) is 3.39. The molecule has 0 bridgehead atoms. The van der Waals surface area contributed by atoms with E-state index in [2.05, 4.69) is 10.4 Å². The van der Waals surface area contributed by atoms with Gasteiger partial charge in [-0.2, -0.15) is 5.10 Å². The van der Waals surface area contributed by atoms with Crippen molar-refractivity contribution in [2.24, 2.45) is 0 Å². The fourth-order valence-electron chi connectivity index (χ4n) is 1.49. The van der Waals surface area contributed by atoms with Crippen molar-refractivity contribution in [1.29, 1.82) is 0 Å². The number of hydrogen-bond acceptors (Lipinski definition) is 5. The zero-order chi connectivity index (χ0) is 12.0. The van der Waals surface area contributed by atoms with Gasteiger partial charge in [-0.25, -0.2) is 4.68 Å². The molecule has 1 unspecified atom stereocenters. The Bertz CT molecular complexity index is 314. The van der Waals surface area contributed by atoms with E-state index in [1.807, 2.05) is 6.92 Å². The third-order valence-corrected chi connectivity index (χ3v) is 2.35. The quantitative estimate of drug-likeness (QED) is 0.528. The molecule has 1 atom stereocenters. The molecule has 0 spiro atoms. The highest BCUT2D eigenvalue weighted by molar-refractivity contribution is 5.60. The first-order chi connectivity index (χ1) is 7.69. The topological polar surface area (TPSA) is 96.3 Å². The molecule has 0 saturated carbocycles. The number of nitrogen functional groups attached to an aromatic ring is 1. The Morgan fingerprint density at radius 2 is 2.31 bits per heavy atom. The molecular weight excluding hydrogens is 208 g/mol. The Hall–Kier alpha value is -1.27. The van der Waals surface area contributed by atoms with Crippen molar-refractivity contribution >= 4 is 11.5 Å². The summed E-state index contributed by atoms with van der Waals surface area (Å²) < 4.78 is 1.74. The van der Waals surface area contributed by atoms with Gasteiger partial charge in [0.25, 0.3) is 0 Å². The Balaban J connectivity index is 2.52. The molecule has 1 heterocycles.